The third-order valence-electron chi connectivity index (χ3n) is 13.3. The van der Waals surface area contributed by atoms with E-state index in [0.717, 1.165) is 44.9 Å². The Kier molecular flexibility index (Phi) is 40.1. The van der Waals surface area contributed by atoms with Gasteiger partial charge in [0.2, 0.25) is 5.91 Å². The topological polar surface area (TPSA) is 206 Å². The summed E-state index contributed by atoms with van der Waals surface area (Å²) in [5, 5.41) is 63.9. The molecule has 0 spiro atoms. The van der Waals surface area contributed by atoms with Crippen LogP contribution in [0.15, 0.2) is 12.2 Å². The number of carbonyl (C=O) groups excluding carboxylic acids is 1. The van der Waals surface area contributed by atoms with E-state index in [0.29, 0.717) is 6.42 Å². The zero-order chi connectivity index (χ0) is 47.8. The number of nitrogens with one attached hydrogen (secondary N) is 1. The Hall–Kier alpha value is -0.920. The van der Waals surface area contributed by atoms with Crippen molar-refractivity contribution in [3.63, 3.8) is 0 Å². The van der Waals surface area contributed by atoms with Crippen LogP contribution in [-0.4, -0.2) is 96.8 Å². The zero-order valence-corrected chi connectivity index (χ0v) is 42.5. The molecule has 1 fully saturated rings. The van der Waals surface area contributed by atoms with Gasteiger partial charge in [0.05, 0.1) is 18.8 Å². The molecule has 1 rings (SSSR count). The highest BCUT2D eigenvalue weighted by molar-refractivity contribution is 7.47. The lowest BCUT2D eigenvalue weighted by molar-refractivity contribution is -0.220. The third kappa shape index (κ3) is 33.3. The molecule has 65 heavy (non-hydrogen) atoms. The second-order valence-electron chi connectivity index (χ2n) is 19.4. The molecule has 1 aliphatic carbocycles. The van der Waals surface area contributed by atoms with Gasteiger partial charge in [-0.3, -0.25) is 13.8 Å². The van der Waals surface area contributed by atoms with Gasteiger partial charge in [-0.2, -0.15) is 0 Å². The molecule has 1 saturated carbocycles. The smallest absolute Gasteiger partial charge is 0.387 e. The number of carbonyl (C=O) groups is 1. The number of phosphoric acid groups is 1. The lowest BCUT2D eigenvalue weighted by atomic mass is 9.85. The van der Waals surface area contributed by atoms with Gasteiger partial charge in [0.25, 0.3) is 0 Å². The molecule has 0 aliphatic heterocycles. The maximum Gasteiger partial charge on any atom is 0.472 e. The van der Waals surface area contributed by atoms with Gasteiger partial charge in [0.15, 0.2) is 0 Å². The van der Waals surface area contributed by atoms with Crippen LogP contribution in [0.2, 0.25) is 0 Å². The Balaban J connectivity index is 2.20. The highest BCUT2D eigenvalue weighted by atomic mass is 31.2. The molecule has 6 unspecified atom stereocenters. The van der Waals surface area contributed by atoms with E-state index in [2.05, 4.69) is 19.2 Å². The first-order chi connectivity index (χ1) is 31.4. The molecule has 1 amide bonds. The molecular formula is C52H102NO11P. The van der Waals surface area contributed by atoms with Crippen LogP contribution >= 0.6 is 7.82 Å². The van der Waals surface area contributed by atoms with Crippen molar-refractivity contribution < 1.29 is 53.9 Å². The maximum absolute atomic E-state index is 13.0. The van der Waals surface area contributed by atoms with Crippen LogP contribution < -0.4 is 5.32 Å². The molecule has 12 nitrogen and oxygen atoms in total. The number of hydrogen-bond donors (Lipinski definition) is 8. The van der Waals surface area contributed by atoms with E-state index in [1.165, 1.54) is 192 Å². The predicted molar refractivity (Wildman–Crippen MR) is 265 cm³/mol. The summed E-state index contributed by atoms with van der Waals surface area (Å²) in [5.41, 5.74) is 0. The molecule has 8 N–H and O–H groups in total. The molecule has 0 aromatic rings. The van der Waals surface area contributed by atoms with Crippen LogP contribution in [0.3, 0.4) is 0 Å². The largest absolute Gasteiger partial charge is 0.472 e. The Bertz CT molecular complexity index is 1150. The maximum atomic E-state index is 13.0. The lowest BCUT2D eigenvalue weighted by Gasteiger charge is -2.41. The first-order valence-corrected chi connectivity index (χ1v) is 28.6. The van der Waals surface area contributed by atoms with Gasteiger partial charge >= 0.3 is 7.82 Å². The van der Waals surface area contributed by atoms with E-state index < -0.39 is 63.2 Å². The minimum absolute atomic E-state index is 0.219. The van der Waals surface area contributed by atoms with Crippen molar-refractivity contribution in [3.8, 4) is 0 Å². The molecule has 0 aromatic carbocycles. The van der Waals surface area contributed by atoms with Crippen LogP contribution in [-0.2, 0) is 18.4 Å². The Morgan fingerprint density at radius 1 is 0.508 bits per heavy atom. The summed E-state index contributed by atoms with van der Waals surface area (Å²) in [4.78, 5) is 23.4. The van der Waals surface area contributed by atoms with E-state index in [1.54, 1.807) is 0 Å². The van der Waals surface area contributed by atoms with Crippen molar-refractivity contribution in [3.05, 3.63) is 12.2 Å². The SMILES string of the molecule is CCCCCCCCC/C=C/[C@@H](O)[C@H](COP(=O)(O)OC1C(O)C(O)C(O)[C@@H](O)C1O)NC(=O)CCCCCCCCCCCCCCCCCCCCCCCCCCCCCCC. The molecule has 0 saturated heterocycles. The van der Waals surface area contributed by atoms with Gasteiger partial charge < -0.3 is 40.8 Å². The summed E-state index contributed by atoms with van der Waals surface area (Å²) < 4.78 is 22.9. The fraction of sp³-hybridized carbons (Fsp3) is 0.942. The highest BCUT2D eigenvalue weighted by Crippen LogP contribution is 2.47. The van der Waals surface area contributed by atoms with E-state index in [4.69, 9.17) is 9.05 Å². The van der Waals surface area contributed by atoms with Gasteiger partial charge in [-0.05, 0) is 19.3 Å². The van der Waals surface area contributed by atoms with Crippen molar-refractivity contribution >= 4 is 13.7 Å². The zero-order valence-electron chi connectivity index (χ0n) is 41.6. The fourth-order valence-corrected chi connectivity index (χ4v) is 9.87. The van der Waals surface area contributed by atoms with Crippen molar-refractivity contribution in [2.45, 2.75) is 307 Å². The number of allylic oxidation sites excluding steroid dienone is 1. The van der Waals surface area contributed by atoms with Gasteiger partial charge in [-0.1, -0.05) is 244 Å². The molecule has 0 radical (unpaired) electrons. The van der Waals surface area contributed by atoms with Crippen LogP contribution in [0.1, 0.15) is 258 Å². The van der Waals surface area contributed by atoms with Gasteiger partial charge in [-0.15, -0.1) is 0 Å². The van der Waals surface area contributed by atoms with Crippen LogP contribution in [0.25, 0.3) is 0 Å². The average Bonchev–Trinajstić information content (AvgIpc) is 3.29. The Morgan fingerprint density at radius 2 is 0.815 bits per heavy atom. The summed E-state index contributed by atoms with van der Waals surface area (Å²) in [6.45, 7) is 3.83. The number of aliphatic hydroxyl groups excluding tert-OH is 6. The number of hydrogen-bond acceptors (Lipinski definition) is 10. The van der Waals surface area contributed by atoms with E-state index in [1.807, 2.05) is 6.08 Å². The van der Waals surface area contributed by atoms with Crippen LogP contribution in [0.5, 0.6) is 0 Å². The number of unbranched alkanes of at least 4 members (excludes halogenated alkanes) is 35. The van der Waals surface area contributed by atoms with Gasteiger partial charge in [0, 0.05) is 6.42 Å². The van der Waals surface area contributed by atoms with Crippen LogP contribution in [0, 0.1) is 0 Å². The molecule has 9 atom stereocenters. The molecule has 13 heteroatoms. The minimum Gasteiger partial charge on any atom is -0.387 e. The molecular weight excluding hydrogens is 846 g/mol. The summed E-state index contributed by atoms with van der Waals surface area (Å²) in [6, 6.07) is -1.11. The number of amides is 1. The molecule has 0 bridgehead atoms. The van der Waals surface area contributed by atoms with Crippen molar-refractivity contribution in [2.24, 2.45) is 0 Å². The third-order valence-corrected chi connectivity index (χ3v) is 14.3. The predicted octanol–water partition coefficient (Wildman–Crippen LogP) is 11.6. The minimum atomic E-state index is -5.07. The molecule has 386 valence electrons. The van der Waals surface area contributed by atoms with E-state index in [9.17, 15) is 44.9 Å². The lowest BCUT2D eigenvalue weighted by Crippen LogP contribution is -2.64. The number of aliphatic hydroxyl groups is 6. The summed E-state index contributed by atoms with van der Waals surface area (Å²) >= 11 is 0. The fourth-order valence-electron chi connectivity index (χ4n) is 8.91. The Labute approximate surface area is 397 Å². The Morgan fingerprint density at radius 3 is 1.17 bits per heavy atom. The normalized spacial score (nSPS) is 22.0. The van der Waals surface area contributed by atoms with E-state index >= 15 is 0 Å². The number of rotatable bonds is 46. The molecule has 0 aromatic heterocycles. The van der Waals surface area contributed by atoms with Gasteiger partial charge in [-0.25, -0.2) is 4.57 Å². The molecule has 1 aliphatic rings. The monoisotopic (exact) mass is 948 g/mol. The average molecular weight is 948 g/mol. The second kappa shape index (κ2) is 42.0. The van der Waals surface area contributed by atoms with E-state index in [-0.39, 0.29) is 12.3 Å². The molecule has 0 heterocycles. The van der Waals surface area contributed by atoms with Crippen molar-refractivity contribution in [2.75, 3.05) is 6.61 Å². The van der Waals surface area contributed by atoms with Crippen LogP contribution in [0.4, 0.5) is 0 Å². The van der Waals surface area contributed by atoms with Crippen molar-refractivity contribution in [1.82, 2.24) is 5.32 Å². The van der Waals surface area contributed by atoms with Gasteiger partial charge in [0.1, 0.15) is 36.6 Å². The summed E-state index contributed by atoms with van der Waals surface area (Å²) in [6.07, 6.45) is 37.6. The first kappa shape index (κ1) is 62.1. The standard InChI is InChI=1S/C52H102NO11P/c1-3-5-7-9-11-13-14-15-16-17-18-19-20-21-22-23-24-25-26-27-28-29-30-31-32-34-36-38-40-42-46(55)53-44(45(54)41-39-37-35-33-12-10-8-6-4-2)43-63-65(61,62)64-52-50(59)48(57)47(56)49(58)51(52)60/h39,41,44-45,47-52,54,56-60H,3-38,40,42-43H2,1-2H3,(H,53,55)(H,61,62)/b41-39+/t44-,45+,47?,48+,49?,50?,51?,52?/m0/s1. The number of phosphoric ester groups is 1. The van der Waals surface area contributed by atoms with Crippen molar-refractivity contribution in [1.29, 1.82) is 0 Å². The first-order valence-electron chi connectivity index (χ1n) is 27.1. The second-order valence-corrected chi connectivity index (χ2v) is 20.8. The quantitative estimate of drug-likeness (QED) is 0.0164. The highest BCUT2D eigenvalue weighted by Gasteiger charge is 2.51. The summed E-state index contributed by atoms with van der Waals surface area (Å²) in [5.74, 6) is -0.338. The summed E-state index contributed by atoms with van der Waals surface area (Å²) in [7, 11) is -5.07.